The number of thioether (sulfide) groups is 1. The second-order valence-electron chi connectivity index (χ2n) is 16.2. The van der Waals surface area contributed by atoms with Crippen LogP contribution in [0.2, 0.25) is 5.02 Å². The third-order valence-corrected chi connectivity index (χ3v) is 13.6. The van der Waals surface area contributed by atoms with Crippen molar-refractivity contribution in [3.63, 3.8) is 0 Å². The zero-order valence-electron chi connectivity index (χ0n) is 33.8. The predicted octanol–water partition coefficient (Wildman–Crippen LogP) is 9.42. The molecular weight excluding hydrogens is 834 g/mol. The van der Waals surface area contributed by atoms with E-state index in [1.807, 2.05) is 35.8 Å². The van der Waals surface area contributed by atoms with Crippen molar-refractivity contribution in [1.82, 2.24) is 19.6 Å². The predicted molar refractivity (Wildman–Crippen MR) is 243 cm³/mol. The minimum absolute atomic E-state index is 0.0400. The van der Waals surface area contributed by atoms with E-state index in [9.17, 15) is 23.3 Å². The molecule has 0 saturated carbocycles. The Bertz CT molecular complexity index is 2690. The third-order valence-electron chi connectivity index (χ3n) is 11.3. The van der Waals surface area contributed by atoms with E-state index in [0.717, 1.165) is 85.5 Å². The van der Waals surface area contributed by atoms with E-state index in [-0.39, 0.29) is 22.4 Å². The van der Waals surface area contributed by atoms with Crippen LogP contribution < -0.4 is 19.7 Å². The molecule has 5 aromatic rings. The van der Waals surface area contributed by atoms with E-state index >= 15 is 0 Å². The normalized spacial score (nSPS) is 17.0. The number of ether oxygens (including phenoxy) is 1. The number of nitro groups is 1. The van der Waals surface area contributed by atoms with Crippen LogP contribution in [-0.4, -0.2) is 79.1 Å². The van der Waals surface area contributed by atoms with Crippen LogP contribution in [0.3, 0.4) is 0 Å². The molecule has 8 rings (SSSR count). The Morgan fingerprint density at radius 2 is 1.85 bits per heavy atom. The zero-order valence-corrected chi connectivity index (χ0v) is 36.2. The van der Waals surface area contributed by atoms with Crippen LogP contribution in [0.5, 0.6) is 11.5 Å². The molecule has 1 aliphatic carbocycles. The van der Waals surface area contributed by atoms with E-state index < -0.39 is 31.4 Å². The van der Waals surface area contributed by atoms with Crippen molar-refractivity contribution in [2.75, 3.05) is 55.2 Å². The summed E-state index contributed by atoms with van der Waals surface area (Å²) in [7, 11) is -4.56. The SMILES string of the molecule is CC1(C)CCC(CN2CCN(c3ccc(C(=O)NS(=O)(=O)c4ccc(NCC5=CCSC=C5)c([N+](=O)[O-])c4)c(Oc4cnc5[nH]ccc5c4)c3)CC2)=C(c2ccc(Cl)cc2)C1. The first-order valence-electron chi connectivity index (χ1n) is 20.1. The van der Waals surface area contributed by atoms with Crippen LogP contribution in [0.4, 0.5) is 17.1 Å². The number of halogens is 1. The summed E-state index contributed by atoms with van der Waals surface area (Å²) in [6, 6.07) is 20.4. The molecule has 61 heavy (non-hydrogen) atoms. The summed E-state index contributed by atoms with van der Waals surface area (Å²) in [6.07, 6.45) is 10.4. The number of piperazine rings is 1. The number of nitrogens with zero attached hydrogens (tertiary/aromatic N) is 4. The number of carbonyl (C=O) groups is 1. The molecule has 0 unspecified atom stereocenters. The summed E-state index contributed by atoms with van der Waals surface area (Å²) in [5.41, 5.74) is 6.43. The summed E-state index contributed by atoms with van der Waals surface area (Å²) in [5, 5.41) is 18.6. The number of benzene rings is 3. The Morgan fingerprint density at radius 3 is 2.61 bits per heavy atom. The number of amides is 1. The van der Waals surface area contributed by atoms with Crippen LogP contribution in [-0.2, 0) is 10.0 Å². The number of nitrogens with one attached hydrogen (secondary N) is 3. The Kier molecular flexibility index (Phi) is 12.3. The first-order chi connectivity index (χ1) is 29.3. The van der Waals surface area contributed by atoms with Gasteiger partial charge < -0.3 is 19.9 Å². The average Bonchev–Trinajstić information content (AvgIpc) is 3.72. The molecule has 1 amide bonds. The first-order valence-corrected chi connectivity index (χ1v) is 23.0. The van der Waals surface area contributed by atoms with Gasteiger partial charge in [0, 0.05) is 79.4 Å². The fourth-order valence-electron chi connectivity index (χ4n) is 7.94. The van der Waals surface area contributed by atoms with Gasteiger partial charge in [-0.05, 0) is 95.3 Å². The van der Waals surface area contributed by atoms with Crippen molar-refractivity contribution >= 4 is 73.0 Å². The molecule has 0 bridgehead atoms. The Labute approximate surface area is 364 Å². The van der Waals surface area contributed by atoms with E-state index in [4.69, 9.17) is 16.3 Å². The molecule has 2 aromatic heterocycles. The third kappa shape index (κ3) is 9.97. The average molecular weight is 880 g/mol. The molecule has 13 nitrogen and oxygen atoms in total. The number of nitro benzene ring substituents is 1. The maximum atomic E-state index is 13.9. The smallest absolute Gasteiger partial charge is 0.293 e. The number of aromatic nitrogens is 2. The molecule has 3 N–H and O–H groups in total. The quantitative estimate of drug-likeness (QED) is 0.0763. The molecule has 1 saturated heterocycles. The molecule has 0 spiro atoms. The Balaban J connectivity index is 1.01. The topological polar surface area (TPSA) is 163 Å². The van der Waals surface area contributed by atoms with Crippen molar-refractivity contribution < 1.29 is 22.9 Å². The second kappa shape index (κ2) is 17.8. The molecule has 1 fully saturated rings. The van der Waals surface area contributed by atoms with Gasteiger partial charge in [0.05, 0.1) is 21.6 Å². The van der Waals surface area contributed by atoms with Crippen LogP contribution in [0.15, 0.2) is 119 Å². The van der Waals surface area contributed by atoms with Crippen molar-refractivity contribution in [3.8, 4) is 11.5 Å². The van der Waals surface area contributed by atoms with Crippen molar-refractivity contribution in [1.29, 1.82) is 0 Å². The van der Waals surface area contributed by atoms with Gasteiger partial charge in [-0.25, -0.2) is 18.1 Å². The van der Waals surface area contributed by atoms with E-state index in [0.29, 0.717) is 17.9 Å². The number of H-pyrrole nitrogens is 1. The summed E-state index contributed by atoms with van der Waals surface area (Å²) in [5.74, 6) is 0.315. The Morgan fingerprint density at radius 1 is 1.05 bits per heavy atom. The number of allylic oxidation sites excluding steroid dienone is 1. The summed E-state index contributed by atoms with van der Waals surface area (Å²) in [6.45, 7) is 8.96. The molecule has 2 aliphatic heterocycles. The van der Waals surface area contributed by atoms with Crippen molar-refractivity contribution in [3.05, 3.63) is 140 Å². The highest BCUT2D eigenvalue weighted by molar-refractivity contribution is 8.02. The molecule has 0 atom stereocenters. The standard InChI is InChI=1S/C45H46ClN7O6S2/c1-45(2)15-11-33(39(26-45)31-3-5-34(46)6-4-31)29-51-17-19-52(20-18-51)35-7-9-38(42(24-35)59-36-23-32-12-16-47-43(32)49-28-36)44(54)50-61(57,58)37-8-10-40(41(25-37)53(55)56)48-27-30-13-21-60-22-14-30/h3-10,12-14,16,21,23-25,28,48H,11,15,17-20,22,26-27,29H2,1-2H3,(H,47,49)(H,50,54). The van der Waals surface area contributed by atoms with Crippen molar-refractivity contribution in [2.24, 2.45) is 5.41 Å². The lowest BCUT2D eigenvalue weighted by atomic mass is 9.72. The van der Waals surface area contributed by atoms with Gasteiger partial charge in [0.2, 0.25) is 0 Å². The number of pyridine rings is 1. The molecule has 4 heterocycles. The fraction of sp³-hybridized carbons (Fsp3) is 0.289. The van der Waals surface area contributed by atoms with Gasteiger partial charge in [0.25, 0.3) is 21.6 Å². The maximum absolute atomic E-state index is 13.9. The minimum atomic E-state index is -4.56. The lowest BCUT2D eigenvalue weighted by Crippen LogP contribution is -2.47. The molecule has 16 heteroatoms. The zero-order chi connectivity index (χ0) is 42.7. The van der Waals surface area contributed by atoms with Crippen LogP contribution in [0, 0.1) is 15.5 Å². The summed E-state index contributed by atoms with van der Waals surface area (Å²) in [4.78, 5) is 37.0. The minimum Gasteiger partial charge on any atom is -0.455 e. The van der Waals surface area contributed by atoms with Gasteiger partial charge in [-0.3, -0.25) is 19.8 Å². The van der Waals surface area contributed by atoms with Gasteiger partial charge in [0.1, 0.15) is 22.8 Å². The Hall–Kier alpha value is -5.61. The molecule has 3 aromatic carbocycles. The molecule has 0 radical (unpaired) electrons. The number of anilines is 2. The van der Waals surface area contributed by atoms with E-state index in [1.165, 1.54) is 35.0 Å². The van der Waals surface area contributed by atoms with Crippen LogP contribution in [0.25, 0.3) is 16.6 Å². The van der Waals surface area contributed by atoms with Crippen molar-refractivity contribution in [2.45, 2.75) is 38.0 Å². The summed E-state index contributed by atoms with van der Waals surface area (Å²) < 4.78 is 35.7. The van der Waals surface area contributed by atoms with Gasteiger partial charge in [-0.15, -0.1) is 11.8 Å². The number of aromatic amines is 1. The van der Waals surface area contributed by atoms with Crippen LogP contribution in [0.1, 0.15) is 49.0 Å². The van der Waals surface area contributed by atoms with Gasteiger partial charge in [0.15, 0.2) is 0 Å². The lowest BCUT2D eigenvalue weighted by molar-refractivity contribution is -0.384. The van der Waals surface area contributed by atoms with E-state index in [1.54, 1.807) is 42.2 Å². The largest absolute Gasteiger partial charge is 0.455 e. The highest BCUT2D eigenvalue weighted by Gasteiger charge is 2.30. The first kappa shape index (κ1) is 42.1. The number of fused-ring (bicyclic) bond motifs is 1. The fourth-order valence-corrected chi connectivity index (χ4v) is 9.74. The number of hydrogen-bond acceptors (Lipinski definition) is 11. The monoisotopic (exact) mass is 879 g/mol. The highest BCUT2D eigenvalue weighted by Crippen LogP contribution is 2.43. The number of carbonyl (C=O) groups excluding carboxylic acids is 1. The molecule has 3 aliphatic rings. The lowest BCUT2D eigenvalue weighted by Gasteiger charge is -2.39. The number of rotatable bonds is 13. The van der Waals surface area contributed by atoms with Crippen LogP contribution >= 0.6 is 23.4 Å². The van der Waals surface area contributed by atoms with Gasteiger partial charge in [-0.2, -0.15) is 0 Å². The summed E-state index contributed by atoms with van der Waals surface area (Å²) >= 11 is 7.87. The van der Waals surface area contributed by atoms with E-state index in [2.05, 4.69) is 55.8 Å². The molecule has 316 valence electrons. The highest BCUT2D eigenvalue weighted by atomic mass is 35.5. The van der Waals surface area contributed by atoms with Gasteiger partial charge >= 0.3 is 0 Å². The maximum Gasteiger partial charge on any atom is 0.293 e. The number of sulfonamides is 1. The molecular formula is C45H46ClN7O6S2. The number of hydrogen-bond donors (Lipinski definition) is 3. The second-order valence-corrected chi connectivity index (χ2v) is 19.3. The van der Waals surface area contributed by atoms with Gasteiger partial charge in [-0.1, -0.05) is 55.3 Å².